The number of carbonyl (C=O) groups excluding carboxylic acids is 2. The van der Waals surface area contributed by atoms with Crippen molar-refractivity contribution < 1.29 is 9.59 Å². The average Bonchev–Trinajstić information content (AvgIpc) is 3.24. The summed E-state index contributed by atoms with van der Waals surface area (Å²) >= 11 is 0. The van der Waals surface area contributed by atoms with Crippen molar-refractivity contribution in [2.45, 2.75) is 58.2 Å². The molecule has 1 saturated heterocycles. The Hall–Kier alpha value is -2.62. The smallest absolute Gasteiger partial charge is 0.252 e. The maximum atomic E-state index is 13.6. The molecule has 2 aliphatic rings. The Morgan fingerprint density at radius 1 is 1.00 bits per heavy atom. The van der Waals surface area contributed by atoms with Crippen LogP contribution in [0.15, 0.2) is 48.5 Å². The van der Waals surface area contributed by atoms with Crippen molar-refractivity contribution in [3.8, 4) is 0 Å². The van der Waals surface area contributed by atoms with Gasteiger partial charge in [0.05, 0.1) is 12.1 Å². The first-order valence-corrected chi connectivity index (χ1v) is 10.2. The minimum Gasteiger partial charge on any atom is -0.340 e. The van der Waals surface area contributed by atoms with Crippen LogP contribution in [0, 0.1) is 12.8 Å². The van der Waals surface area contributed by atoms with E-state index >= 15 is 0 Å². The second-order valence-electron chi connectivity index (χ2n) is 8.45. The summed E-state index contributed by atoms with van der Waals surface area (Å²) in [6, 6.07) is 15.7. The number of hydrogen-bond acceptors (Lipinski definition) is 2. The summed E-state index contributed by atoms with van der Waals surface area (Å²) in [5.74, 6) is 0.203. The Morgan fingerprint density at radius 3 is 2.14 bits per heavy atom. The lowest BCUT2D eigenvalue weighted by atomic mass is 9.92. The Bertz CT molecular complexity index is 874. The summed E-state index contributed by atoms with van der Waals surface area (Å²) in [6.45, 7) is 6.10. The number of nitrogens with one attached hydrogen (secondary N) is 1. The van der Waals surface area contributed by atoms with Gasteiger partial charge in [-0.1, -0.05) is 56.3 Å². The Morgan fingerprint density at radius 2 is 1.57 bits per heavy atom. The maximum Gasteiger partial charge on any atom is 0.252 e. The van der Waals surface area contributed by atoms with Crippen LogP contribution in [-0.2, 0) is 4.79 Å². The second-order valence-corrected chi connectivity index (χ2v) is 8.45. The van der Waals surface area contributed by atoms with Gasteiger partial charge in [-0.3, -0.25) is 9.59 Å². The molecule has 2 heterocycles. The molecule has 2 aromatic carbocycles. The molecule has 146 valence electrons. The molecule has 0 aliphatic carbocycles. The first-order valence-electron chi connectivity index (χ1n) is 10.2. The molecule has 3 unspecified atom stereocenters. The van der Waals surface area contributed by atoms with Gasteiger partial charge in [0.25, 0.3) is 5.91 Å². The minimum absolute atomic E-state index is 0.0549. The largest absolute Gasteiger partial charge is 0.340 e. The number of nitrogens with zero attached hydrogens (tertiary/aromatic N) is 1. The zero-order valence-corrected chi connectivity index (χ0v) is 16.8. The van der Waals surface area contributed by atoms with Crippen molar-refractivity contribution >= 4 is 11.8 Å². The highest BCUT2D eigenvalue weighted by Crippen LogP contribution is 2.53. The Kier molecular flexibility index (Phi) is 4.96. The first kappa shape index (κ1) is 18.7. The van der Waals surface area contributed by atoms with E-state index in [1.54, 1.807) is 0 Å². The normalized spacial score (nSPS) is 20.9. The quantitative estimate of drug-likeness (QED) is 0.832. The minimum atomic E-state index is -0.496. The molecule has 3 atom stereocenters. The lowest BCUT2D eigenvalue weighted by Gasteiger charge is -2.29. The average molecular weight is 377 g/mol. The van der Waals surface area contributed by atoms with Gasteiger partial charge in [-0.2, -0.15) is 0 Å². The molecule has 0 radical (unpaired) electrons. The van der Waals surface area contributed by atoms with E-state index in [1.807, 2.05) is 48.2 Å². The van der Waals surface area contributed by atoms with Crippen LogP contribution in [0.2, 0.25) is 0 Å². The summed E-state index contributed by atoms with van der Waals surface area (Å²) in [7, 11) is 0. The third-order valence-corrected chi connectivity index (χ3v) is 6.05. The predicted octanol–water partition coefficient (Wildman–Crippen LogP) is 4.56. The Labute approximate surface area is 166 Å². The monoisotopic (exact) mass is 376 g/mol. The van der Waals surface area contributed by atoms with Crippen LogP contribution in [0.4, 0.5) is 0 Å². The van der Waals surface area contributed by atoms with Gasteiger partial charge < -0.3 is 10.2 Å². The zero-order chi connectivity index (χ0) is 19.8. The highest BCUT2D eigenvalue weighted by Gasteiger charge is 2.47. The van der Waals surface area contributed by atoms with Crippen molar-refractivity contribution in [2.24, 2.45) is 5.92 Å². The molecule has 1 fully saturated rings. The molecule has 0 saturated carbocycles. The van der Waals surface area contributed by atoms with E-state index in [0.717, 1.165) is 18.4 Å². The molecule has 0 spiro atoms. The number of fused-ring (bicyclic) bond motifs is 5. The maximum absolute atomic E-state index is 13.6. The number of rotatable bonds is 5. The SMILES string of the molecule is Cc1ccccc1C(=O)NC(CC(C)C)C(=O)N1C2CCC1c1ccccc12. The van der Waals surface area contributed by atoms with Gasteiger partial charge >= 0.3 is 0 Å². The van der Waals surface area contributed by atoms with Gasteiger partial charge in [0.2, 0.25) is 5.91 Å². The summed E-state index contributed by atoms with van der Waals surface area (Å²) < 4.78 is 0. The third-order valence-electron chi connectivity index (χ3n) is 6.05. The van der Waals surface area contributed by atoms with Crippen LogP contribution in [-0.4, -0.2) is 22.8 Å². The summed E-state index contributed by atoms with van der Waals surface area (Å²) in [6.07, 6.45) is 2.66. The number of carbonyl (C=O) groups is 2. The Balaban J connectivity index is 1.58. The molecule has 2 amide bonds. The van der Waals surface area contributed by atoms with Gasteiger partial charge in [-0.15, -0.1) is 0 Å². The fourth-order valence-corrected chi connectivity index (χ4v) is 4.78. The molecule has 4 rings (SSSR count). The van der Waals surface area contributed by atoms with E-state index < -0.39 is 6.04 Å². The van der Waals surface area contributed by atoms with Crippen LogP contribution in [0.3, 0.4) is 0 Å². The lowest BCUT2D eigenvalue weighted by molar-refractivity contribution is -0.136. The molecule has 4 heteroatoms. The third kappa shape index (κ3) is 3.21. The number of aryl methyl sites for hydroxylation is 1. The van der Waals surface area contributed by atoms with Crippen molar-refractivity contribution in [3.63, 3.8) is 0 Å². The van der Waals surface area contributed by atoms with Crippen LogP contribution >= 0.6 is 0 Å². The fourth-order valence-electron chi connectivity index (χ4n) is 4.78. The molecule has 4 nitrogen and oxygen atoms in total. The van der Waals surface area contributed by atoms with E-state index in [0.29, 0.717) is 17.9 Å². The molecule has 2 aliphatic heterocycles. The molecule has 2 bridgehead atoms. The van der Waals surface area contributed by atoms with E-state index in [-0.39, 0.29) is 23.9 Å². The van der Waals surface area contributed by atoms with Crippen molar-refractivity contribution in [3.05, 3.63) is 70.8 Å². The van der Waals surface area contributed by atoms with E-state index in [4.69, 9.17) is 0 Å². The second kappa shape index (κ2) is 7.42. The zero-order valence-electron chi connectivity index (χ0n) is 16.8. The van der Waals surface area contributed by atoms with Crippen LogP contribution in [0.1, 0.15) is 72.2 Å². The topological polar surface area (TPSA) is 49.4 Å². The number of amides is 2. The van der Waals surface area contributed by atoms with Gasteiger partial charge in [-0.25, -0.2) is 0 Å². The lowest BCUT2D eigenvalue weighted by Crippen LogP contribution is -2.48. The number of benzene rings is 2. The highest BCUT2D eigenvalue weighted by molar-refractivity contribution is 5.98. The van der Waals surface area contributed by atoms with Gasteiger partial charge in [-0.05, 0) is 54.9 Å². The number of hydrogen-bond donors (Lipinski definition) is 1. The van der Waals surface area contributed by atoms with Crippen LogP contribution < -0.4 is 5.32 Å². The molecule has 28 heavy (non-hydrogen) atoms. The summed E-state index contributed by atoms with van der Waals surface area (Å²) in [4.78, 5) is 28.5. The first-order chi connectivity index (χ1) is 13.5. The van der Waals surface area contributed by atoms with Gasteiger partial charge in [0, 0.05) is 5.56 Å². The van der Waals surface area contributed by atoms with Gasteiger partial charge in [0.1, 0.15) is 6.04 Å². The standard InChI is InChI=1S/C24H28N2O2/c1-15(2)14-20(25-23(27)17-9-5-4-8-16(17)3)24(28)26-21-12-13-22(26)19-11-7-6-10-18(19)21/h4-11,15,20-22H,12-14H2,1-3H3,(H,25,27). The van der Waals surface area contributed by atoms with E-state index in [2.05, 4.69) is 31.3 Å². The van der Waals surface area contributed by atoms with Crippen molar-refractivity contribution in [2.75, 3.05) is 0 Å². The molecule has 0 aromatic heterocycles. The van der Waals surface area contributed by atoms with Crippen LogP contribution in [0.5, 0.6) is 0 Å². The fraction of sp³-hybridized carbons (Fsp3) is 0.417. The summed E-state index contributed by atoms with van der Waals surface area (Å²) in [5.41, 5.74) is 4.11. The van der Waals surface area contributed by atoms with E-state index in [9.17, 15) is 9.59 Å². The molecular weight excluding hydrogens is 348 g/mol. The van der Waals surface area contributed by atoms with Crippen molar-refractivity contribution in [1.29, 1.82) is 0 Å². The van der Waals surface area contributed by atoms with E-state index in [1.165, 1.54) is 11.1 Å². The predicted molar refractivity (Wildman–Crippen MR) is 110 cm³/mol. The summed E-state index contributed by atoms with van der Waals surface area (Å²) in [5, 5.41) is 3.05. The molecule has 2 aromatic rings. The van der Waals surface area contributed by atoms with Gasteiger partial charge in [0.15, 0.2) is 0 Å². The molecular formula is C24H28N2O2. The molecule has 1 N–H and O–H groups in total. The van der Waals surface area contributed by atoms with Crippen LogP contribution in [0.25, 0.3) is 0 Å². The highest BCUT2D eigenvalue weighted by atomic mass is 16.2. The van der Waals surface area contributed by atoms with Crippen molar-refractivity contribution in [1.82, 2.24) is 10.2 Å².